The number of fused-ring (bicyclic) bond motifs is 3. The minimum Gasteiger partial charge on any atom is -0.399 e. The van der Waals surface area contributed by atoms with Crippen LogP contribution in [0.5, 0.6) is 0 Å². The van der Waals surface area contributed by atoms with E-state index in [2.05, 4.69) is 28.4 Å². The fourth-order valence-corrected chi connectivity index (χ4v) is 4.59. The van der Waals surface area contributed by atoms with Crippen LogP contribution < -0.4 is 16.0 Å². The van der Waals surface area contributed by atoms with Gasteiger partial charge in [0, 0.05) is 43.5 Å². The number of nitrogens with one attached hydrogen (secondary N) is 1. The number of nitrogens with two attached hydrogens (primary N) is 1. The van der Waals surface area contributed by atoms with Gasteiger partial charge in [-0.1, -0.05) is 6.07 Å². The van der Waals surface area contributed by atoms with Crippen LogP contribution in [0.1, 0.15) is 23.2 Å². The molecule has 0 spiro atoms. The Balaban J connectivity index is 1.46. The van der Waals surface area contributed by atoms with Gasteiger partial charge in [0.05, 0.1) is 24.6 Å². The third kappa shape index (κ3) is 3.07. The summed E-state index contributed by atoms with van der Waals surface area (Å²) in [5.74, 6) is 0.0212. The molecule has 3 aliphatic rings. The minimum absolute atomic E-state index is 0.0212. The molecule has 1 unspecified atom stereocenters. The van der Waals surface area contributed by atoms with Gasteiger partial charge in [-0.05, 0) is 54.3 Å². The van der Waals surface area contributed by atoms with Crippen LogP contribution in [-0.2, 0) is 4.74 Å². The number of amides is 1. The number of carbonyl (C=O) groups excluding carboxylic acids is 1. The van der Waals surface area contributed by atoms with Crippen molar-refractivity contribution in [3.8, 4) is 11.1 Å². The maximum absolute atomic E-state index is 12.9. The highest BCUT2D eigenvalue weighted by Crippen LogP contribution is 2.39. The standard InChI is InChI=1S/C22H26N4O2/c23-18-11-16(10-17(12-18)22(27)25-6-8-28-9-7-25)15-3-4-21-20(13-15)24-14-19-2-1-5-26(19)21/h3-4,10-13,19,24H,1-2,5-9,14,23H2. The Labute approximate surface area is 165 Å². The number of ether oxygens (including phenoxy) is 1. The highest BCUT2D eigenvalue weighted by atomic mass is 16.5. The summed E-state index contributed by atoms with van der Waals surface area (Å²) in [5.41, 5.74) is 11.9. The Morgan fingerprint density at radius 3 is 2.79 bits per heavy atom. The van der Waals surface area contributed by atoms with Crippen LogP contribution >= 0.6 is 0 Å². The molecule has 0 bridgehead atoms. The number of benzene rings is 2. The maximum Gasteiger partial charge on any atom is 0.254 e. The summed E-state index contributed by atoms with van der Waals surface area (Å²) in [4.78, 5) is 17.2. The summed E-state index contributed by atoms with van der Waals surface area (Å²) in [7, 11) is 0. The number of carbonyl (C=O) groups is 1. The zero-order valence-electron chi connectivity index (χ0n) is 16.0. The van der Waals surface area contributed by atoms with E-state index < -0.39 is 0 Å². The number of rotatable bonds is 2. The van der Waals surface area contributed by atoms with Crippen molar-refractivity contribution in [3.63, 3.8) is 0 Å². The van der Waals surface area contributed by atoms with E-state index in [0.717, 1.165) is 24.2 Å². The molecule has 2 aromatic rings. The van der Waals surface area contributed by atoms with Crippen molar-refractivity contribution in [2.24, 2.45) is 0 Å². The van der Waals surface area contributed by atoms with Crippen molar-refractivity contribution in [2.75, 3.05) is 55.3 Å². The lowest BCUT2D eigenvalue weighted by Crippen LogP contribution is -2.40. The van der Waals surface area contributed by atoms with Crippen LogP contribution in [0.15, 0.2) is 36.4 Å². The van der Waals surface area contributed by atoms with Crippen LogP contribution in [0.4, 0.5) is 17.1 Å². The van der Waals surface area contributed by atoms with Gasteiger partial charge in [0.15, 0.2) is 0 Å². The lowest BCUT2D eigenvalue weighted by Gasteiger charge is -2.34. The van der Waals surface area contributed by atoms with Gasteiger partial charge in [-0.15, -0.1) is 0 Å². The van der Waals surface area contributed by atoms with Crippen molar-refractivity contribution in [1.82, 2.24) is 4.90 Å². The molecule has 6 nitrogen and oxygen atoms in total. The smallest absolute Gasteiger partial charge is 0.254 e. The van der Waals surface area contributed by atoms with E-state index in [9.17, 15) is 4.79 Å². The summed E-state index contributed by atoms with van der Waals surface area (Å²) in [5, 5.41) is 3.59. The largest absolute Gasteiger partial charge is 0.399 e. The molecule has 3 heterocycles. The van der Waals surface area contributed by atoms with Crippen molar-refractivity contribution in [1.29, 1.82) is 0 Å². The number of nitrogen functional groups attached to an aromatic ring is 1. The molecular weight excluding hydrogens is 352 g/mol. The number of anilines is 3. The van der Waals surface area contributed by atoms with Gasteiger partial charge in [0.1, 0.15) is 0 Å². The molecule has 5 rings (SSSR count). The summed E-state index contributed by atoms with van der Waals surface area (Å²) in [6.45, 7) is 4.57. The van der Waals surface area contributed by atoms with Crippen LogP contribution in [0.2, 0.25) is 0 Å². The molecule has 28 heavy (non-hydrogen) atoms. The summed E-state index contributed by atoms with van der Waals surface area (Å²) >= 11 is 0. The topological polar surface area (TPSA) is 70.8 Å². The highest BCUT2D eigenvalue weighted by molar-refractivity contribution is 5.97. The molecule has 6 heteroatoms. The fourth-order valence-electron chi connectivity index (χ4n) is 4.59. The van der Waals surface area contributed by atoms with Crippen LogP contribution in [0.3, 0.4) is 0 Å². The van der Waals surface area contributed by atoms with Crippen LogP contribution in [-0.4, -0.2) is 56.2 Å². The number of hydrogen-bond acceptors (Lipinski definition) is 5. The van der Waals surface area contributed by atoms with Crippen LogP contribution in [0, 0.1) is 0 Å². The van der Waals surface area contributed by atoms with Crippen molar-refractivity contribution in [3.05, 3.63) is 42.0 Å². The lowest BCUT2D eigenvalue weighted by atomic mass is 9.99. The predicted octanol–water partition coefficient (Wildman–Crippen LogP) is 2.80. The van der Waals surface area contributed by atoms with E-state index in [1.54, 1.807) is 6.07 Å². The number of morpholine rings is 1. The van der Waals surface area contributed by atoms with Crippen molar-refractivity contribution < 1.29 is 9.53 Å². The van der Waals surface area contributed by atoms with Gasteiger partial charge in [-0.2, -0.15) is 0 Å². The van der Waals surface area contributed by atoms with E-state index in [4.69, 9.17) is 10.5 Å². The number of hydrogen-bond donors (Lipinski definition) is 2. The van der Waals surface area contributed by atoms with E-state index >= 15 is 0 Å². The molecule has 2 fully saturated rings. The molecule has 0 saturated carbocycles. The van der Waals surface area contributed by atoms with Gasteiger partial charge in [0.25, 0.3) is 5.91 Å². The van der Waals surface area contributed by atoms with E-state index in [1.807, 2.05) is 17.0 Å². The molecule has 0 aromatic heterocycles. The van der Waals surface area contributed by atoms with Gasteiger partial charge >= 0.3 is 0 Å². The van der Waals surface area contributed by atoms with Gasteiger partial charge in [-0.25, -0.2) is 0 Å². The van der Waals surface area contributed by atoms with Crippen LogP contribution in [0.25, 0.3) is 11.1 Å². The molecule has 3 aliphatic heterocycles. The maximum atomic E-state index is 12.9. The Bertz CT molecular complexity index is 907. The first-order valence-corrected chi connectivity index (χ1v) is 10.1. The normalized spacial score (nSPS) is 21.1. The van der Waals surface area contributed by atoms with E-state index in [-0.39, 0.29) is 5.91 Å². The third-order valence-electron chi connectivity index (χ3n) is 6.05. The third-order valence-corrected chi connectivity index (χ3v) is 6.05. The summed E-state index contributed by atoms with van der Waals surface area (Å²) in [6, 6.07) is 12.8. The van der Waals surface area contributed by atoms with Crippen molar-refractivity contribution >= 4 is 23.0 Å². The quantitative estimate of drug-likeness (QED) is 0.787. The number of nitrogens with zero attached hydrogens (tertiary/aromatic N) is 2. The minimum atomic E-state index is 0.0212. The van der Waals surface area contributed by atoms with Gasteiger partial charge in [0.2, 0.25) is 0 Å². The second-order valence-electron chi connectivity index (χ2n) is 7.85. The summed E-state index contributed by atoms with van der Waals surface area (Å²) < 4.78 is 5.36. The highest BCUT2D eigenvalue weighted by Gasteiger charge is 2.30. The van der Waals surface area contributed by atoms with Crippen molar-refractivity contribution in [2.45, 2.75) is 18.9 Å². The first-order valence-electron chi connectivity index (χ1n) is 10.1. The molecule has 146 valence electrons. The van der Waals surface area contributed by atoms with E-state index in [0.29, 0.717) is 43.6 Å². The zero-order valence-corrected chi connectivity index (χ0v) is 16.0. The average Bonchev–Trinajstić information content (AvgIpc) is 3.22. The molecule has 2 saturated heterocycles. The second-order valence-corrected chi connectivity index (χ2v) is 7.85. The second kappa shape index (κ2) is 7.02. The van der Waals surface area contributed by atoms with Gasteiger partial charge in [-0.3, -0.25) is 4.79 Å². The predicted molar refractivity (Wildman–Crippen MR) is 112 cm³/mol. The molecular formula is C22H26N4O2. The average molecular weight is 378 g/mol. The zero-order chi connectivity index (χ0) is 19.1. The van der Waals surface area contributed by atoms with E-state index in [1.165, 1.54) is 24.2 Å². The Kier molecular flexibility index (Phi) is 4.36. The molecule has 1 atom stereocenters. The SMILES string of the molecule is Nc1cc(C(=O)N2CCOCC2)cc(-c2ccc3c(c2)NCC2CCCN32)c1. The Morgan fingerprint density at radius 1 is 1.07 bits per heavy atom. The molecule has 0 aliphatic carbocycles. The van der Waals surface area contributed by atoms with Gasteiger partial charge < -0.3 is 25.6 Å². The molecule has 3 N–H and O–H groups in total. The lowest BCUT2D eigenvalue weighted by molar-refractivity contribution is 0.0303. The first-order chi connectivity index (χ1) is 13.7. The Morgan fingerprint density at radius 2 is 1.93 bits per heavy atom. The first kappa shape index (κ1) is 17.4. The fraction of sp³-hybridized carbons (Fsp3) is 0.409. The Hall–Kier alpha value is -2.73. The molecule has 0 radical (unpaired) electrons. The molecule has 2 aromatic carbocycles. The summed E-state index contributed by atoms with van der Waals surface area (Å²) in [6.07, 6.45) is 2.52. The molecule has 1 amide bonds. The monoisotopic (exact) mass is 378 g/mol.